The number of alkyl halides is 5. The molecule has 0 amide bonds. The fraction of sp³-hybridized carbons (Fsp3) is 0.250. The van der Waals surface area contributed by atoms with Crippen molar-refractivity contribution < 1.29 is 26.3 Å². The van der Waals surface area contributed by atoms with E-state index in [-0.39, 0.29) is 0 Å². The summed E-state index contributed by atoms with van der Waals surface area (Å²) in [5.74, 6) is -2.02. The molecule has 0 unspecified atom stereocenters. The summed E-state index contributed by atoms with van der Waals surface area (Å²) in [5.41, 5.74) is -3.17. The minimum absolute atomic E-state index is 0.323. The first-order chi connectivity index (χ1) is 6.75. The lowest BCUT2D eigenvalue weighted by Gasteiger charge is -2.11. The van der Waals surface area contributed by atoms with Crippen LogP contribution < -0.4 is 0 Å². The van der Waals surface area contributed by atoms with Crippen LogP contribution in [0.15, 0.2) is 12.1 Å². The van der Waals surface area contributed by atoms with E-state index in [0.29, 0.717) is 12.1 Å². The minimum Gasteiger partial charge on any atom is -0.206 e. The SMILES string of the molecule is Fc1c(C(F)(F)F)ccc(Cl)c1C(F)F. The highest BCUT2D eigenvalue weighted by molar-refractivity contribution is 6.31. The number of hydrogen-bond acceptors (Lipinski definition) is 0. The van der Waals surface area contributed by atoms with Gasteiger partial charge in [0.05, 0.1) is 16.1 Å². The van der Waals surface area contributed by atoms with Gasteiger partial charge in [0.25, 0.3) is 6.43 Å². The van der Waals surface area contributed by atoms with E-state index in [4.69, 9.17) is 11.6 Å². The van der Waals surface area contributed by atoms with E-state index in [1.807, 2.05) is 0 Å². The molecule has 0 aliphatic carbocycles. The molecule has 0 nitrogen and oxygen atoms in total. The molecule has 0 aromatic heterocycles. The van der Waals surface area contributed by atoms with Gasteiger partial charge in [-0.05, 0) is 12.1 Å². The highest BCUT2D eigenvalue weighted by Crippen LogP contribution is 2.38. The smallest absolute Gasteiger partial charge is 0.206 e. The zero-order chi connectivity index (χ0) is 11.8. The summed E-state index contributed by atoms with van der Waals surface area (Å²) in [6.07, 6.45) is -8.40. The molecule has 0 saturated heterocycles. The second-order valence-electron chi connectivity index (χ2n) is 2.62. The molecule has 0 bridgehead atoms. The Balaban J connectivity index is 3.42. The molecule has 0 N–H and O–H groups in total. The van der Waals surface area contributed by atoms with Crippen molar-refractivity contribution in [2.75, 3.05) is 0 Å². The first kappa shape index (κ1) is 12.2. The van der Waals surface area contributed by atoms with Crippen molar-refractivity contribution in [2.45, 2.75) is 12.6 Å². The van der Waals surface area contributed by atoms with Crippen LogP contribution in [0.2, 0.25) is 5.02 Å². The molecule has 0 aliphatic heterocycles. The average molecular weight is 249 g/mol. The standard InChI is InChI=1S/C8H3ClF6/c9-4-2-1-3(8(13,14)15)6(10)5(4)7(11)12/h1-2,7H. The van der Waals surface area contributed by atoms with Gasteiger partial charge in [0.1, 0.15) is 5.82 Å². The first-order valence-corrected chi connectivity index (χ1v) is 3.96. The van der Waals surface area contributed by atoms with Gasteiger partial charge in [-0.15, -0.1) is 0 Å². The summed E-state index contributed by atoms with van der Waals surface area (Å²) in [7, 11) is 0. The van der Waals surface area contributed by atoms with Gasteiger partial charge in [0.2, 0.25) is 0 Å². The first-order valence-electron chi connectivity index (χ1n) is 3.58. The minimum atomic E-state index is -5.02. The molecule has 0 saturated carbocycles. The zero-order valence-electron chi connectivity index (χ0n) is 6.88. The van der Waals surface area contributed by atoms with Crippen LogP contribution in [0.1, 0.15) is 17.6 Å². The third-order valence-electron chi connectivity index (χ3n) is 1.65. The van der Waals surface area contributed by atoms with Crippen LogP contribution in [0.4, 0.5) is 26.3 Å². The number of halogens is 7. The van der Waals surface area contributed by atoms with Gasteiger partial charge in [-0.25, -0.2) is 13.2 Å². The normalized spacial score (nSPS) is 12.3. The highest BCUT2D eigenvalue weighted by Gasteiger charge is 2.36. The van der Waals surface area contributed by atoms with Crippen LogP contribution in [0.3, 0.4) is 0 Å². The summed E-state index contributed by atoms with van der Waals surface area (Å²) >= 11 is 5.16. The van der Waals surface area contributed by atoms with E-state index in [9.17, 15) is 26.3 Å². The molecular formula is C8H3ClF6. The molecule has 0 heterocycles. The Morgan fingerprint density at radius 1 is 1.13 bits per heavy atom. The van der Waals surface area contributed by atoms with E-state index in [1.165, 1.54) is 0 Å². The summed E-state index contributed by atoms with van der Waals surface area (Å²) < 4.78 is 73.6. The van der Waals surface area contributed by atoms with Crippen LogP contribution in [0.5, 0.6) is 0 Å². The average Bonchev–Trinajstić information content (AvgIpc) is 2.00. The molecule has 84 valence electrons. The van der Waals surface area contributed by atoms with Crippen LogP contribution >= 0.6 is 11.6 Å². The van der Waals surface area contributed by atoms with E-state index in [0.717, 1.165) is 0 Å². The maximum atomic E-state index is 13.0. The number of benzene rings is 1. The summed E-state index contributed by atoms with van der Waals surface area (Å²) in [5, 5.41) is -0.726. The number of hydrogen-bond donors (Lipinski definition) is 0. The Labute approximate surface area is 85.5 Å². The quantitative estimate of drug-likeness (QED) is 0.645. The molecule has 0 fully saturated rings. The third-order valence-corrected chi connectivity index (χ3v) is 1.98. The molecule has 0 radical (unpaired) electrons. The lowest BCUT2D eigenvalue weighted by atomic mass is 10.1. The molecule has 0 spiro atoms. The lowest BCUT2D eigenvalue weighted by molar-refractivity contribution is -0.140. The molecule has 15 heavy (non-hydrogen) atoms. The molecule has 7 heteroatoms. The van der Waals surface area contributed by atoms with E-state index >= 15 is 0 Å². The molecule has 1 aromatic rings. The molecule has 1 aromatic carbocycles. The van der Waals surface area contributed by atoms with Gasteiger partial charge in [0, 0.05) is 0 Å². The third kappa shape index (κ3) is 2.37. The predicted molar refractivity (Wildman–Crippen MR) is 41.4 cm³/mol. The van der Waals surface area contributed by atoms with Gasteiger partial charge in [-0.3, -0.25) is 0 Å². The Morgan fingerprint density at radius 2 is 1.67 bits per heavy atom. The molecule has 0 aliphatic rings. The Morgan fingerprint density at radius 3 is 2.07 bits per heavy atom. The number of rotatable bonds is 1. The summed E-state index contributed by atoms with van der Waals surface area (Å²) in [6.45, 7) is 0. The van der Waals surface area contributed by atoms with Gasteiger partial charge >= 0.3 is 6.18 Å². The molecule has 0 atom stereocenters. The monoisotopic (exact) mass is 248 g/mol. The van der Waals surface area contributed by atoms with Crippen LogP contribution in [0, 0.1) is 5.82 Å². The largest absolute Gasteiger partial charge is 0.419 e. The summed E-state index contributed by atoms with van der Waals surface area (Å²) in [4.78, 5) is 0. The van der Waals surface area contributed by atoms with Gasteiger partial charge in [0.15, 0.2) is 0 Å². The van der Waals surface area contributed by atoms with Crippen molar-refractivity contribution >= 4 is 11.6 Å². The van der Waals surface area contributed by atoms with Crippen molar-refractivity contribution in [2.24, 2.45) is 0 Å². The van der Waals surface area contributed by atoms with Crippen molar-refractivity contribution in [1.29, 1.82) is 0 Å². The van der Waals surface area contributed by atoms with Crippen molar-refractivity contribution in [3.05, 3.63) is 34.1 Å². The molecular weight excluding hydrogens is 246 g/mol. The van der Waals surface area contributed by atoms with Crippen LogP contribution in [-0.4, -0.2) is 0 Å². The van der Waals surface area contributed by atoms with E-state index in [2.05, 4.69) is 0 Å². The van der Waals surface area contributed by atoms with E-state index in [1.54, 1.807) is 0 Å². The van der Waals surface area contributed by atoms with Crippen LogP contribution in [0.25, 0.3) is 0 Å². The van der Waals surface area contributed by atoms with Crippen molar-refractivity contribution in [3.8, 4) is 0 Å². The van der Waals surface area contributed by atoms with Crippen molar-refractivity contribution in [1.82, 2.24) is 0 Å². The topological polar surface area (TPSA) is 0 Å². The predicted octanol–water partition coefficient (Wildman–Crippen LogP) is 4.44. The fourth-order valence-electron chi connectivity index (χ4n) is 0.988. The second kappa shape index (κ2) is 3.92. The Hall–Kier alpha value is -0.910. The molecule has 1 rings (SSSR count). The maximum absolute atomic E-state index is 13.0. The van der Waals surface area contributed by atoms with Gasteiger partial charge < -0.3 is 0 Å². The maximum Gasteiger partial charge on any atom is 0.419 e. The Bertz CT molecular complexity index is 370. The summed E-state index contributed by atoms with van der Waals surface area (Å²) in [6, 6.07) is 0.915. The van der Waals surface area contributed by atoms with Crippen molar-refractivity contribution in [3.63, 3.8) is 0 Å². The Kier molecular flexibility index (Phi) is 3.18. The fourth-order valence-corrected chi connectivity index (χ4v) is 1.22. The van der Waals surface area contributed by atoms with E-state index < -0.39 is 34.6 Å². The van der Waals surface area contributed by atoms with Gasteiger partial charge in [-0.2, -0.15) is 13.2 Å². The van der Waals surface area contributed by atoms with Gasteiger partial charge in [-0.1, -0.05) is 11.6 Å². The van der Waals surface area contributed by atoms with Crippen LogP contribution in [-0.2, 0) is 6.18 Å². The lowest BCUT2D eigenvalue weighted by Crippen LogP contribution is -2.10. The second-order valence-corrected chi connectivity index (χ2v) is 3.03. The zero-order valence-corrected chi connectivity index (χ0v) is 7.63. The highest BCUT2D eigenvalue weighted by atomic mass is 35.5.